The Balaban J connectivity index is 1.57. The zero-order valence-corrected chi connectivity index (χ0v) is 18.5. The summed E-state index contributed by atoms with van der Waals surface area (Å²) in [6, 6.07) is 9.50. The van der Waals surface area contributed by atoms with E-state index < -0.39 is 0 Å². The van der Waals surface area contributed by atoms with Crippen LogP contribution in [0, 0.1) is 13.8 Å². The molecular weight excluding hydrogens is 402 g/mol. The molecule has 0 bridgehead atoms. The SMILES string of the molecule is Cc1ccc(-c2cc(C(=O)NCCc3cnc(C)nc3)cc(N3CCCCC3=O)c2)nc1. The van der Waals surface area contributed by atoms with Gasteiger partial charge >= 0.3 is 0 Å². The average molecular weight is 430 g/mol. The van der Waals surface area contributed by atoms with E-state index in [1.54, 1.807) is 29.6 Å². The summed E-state index contributed by atoms with van der Waals surface area (Å²) < 4.78 is 0. The number of piperidine rings is 1. The molecule has 1 aromatic carbocycles. The van der Waals surface area contributed by atoms with Gasteiger partial charge in [0.05, 0.1) is 5.69 Å². The molecule has 1 N–H and O–H groups in total. The lowest BCUT2D eigenvalue weighted by molar-refractivity contribution is -0.119. The summed E-state index contributed by atoms with van der Waals surface area (Å²) in [5, 5.41) is 2.97. The normalized spacial score (nSPS) is 13.8. The molecular formula is C25H27N5O2. The molecule has 32 heavy (non-hydrogen) atoms. The minimum absolute atomic E-state index is 0.0935. The van der Waals surface area contributed by atoms with Crippen molar-refractivity contribution in [1.82, 2.24) is 20.3 Å². The van der Waals surface area contributed by atoms with Crippen LogP contribution in [0.4, 0.5) is 5.69 Å². The van der Waals surface area contributed by atoms with Crippen molar-refractivity contribution in [3.05, 3.63) is 71.4 Å². The zero-order valence-electron chi connectivity index (χ0n) is 18.5. The molecule has 0 spiro atoms. The summed E-state index contributed by atoms with van der Waals surface area (Å²) in [6.45, 7) is 4.96. The van der Waals surface area contributed by atoms with Gasteiger partial charge in [-0.25, -0.2) is 9.97 Å². The van der Waals surface area contributed by atoms with Crippen molar-refractivity contribution in [2.75, 3.05) is 18.0 Å². The number of hydrogen-bond donors (Lipinski definition) is 1. The first-order valence-electron chi connectivity index (χ1n) is 10.9. The van der Waals surface area contributed by atoms with Crippen LogP contribution in [0.3, 0.4) is 0 Å². The number of carbonyl (C=O) groups excluding carboxylic acids is 2. The Hall–Kier alpha value is -3.61. The first-order valence-corrected chi connectivity index (χ1v) is 10.9. The van der Waals surface area contributed by atoms with E-state index in [2.05, 4.69) is 20.3 Å². The number of hydrogen-bond acceptors (Lipinski definition) is 5. The molecule has 3 heterocycles. The summed E-state index contributed by atoms with van der Waals surface area (Å²) in [5.41, 5.74) is 4.87. The van der Waals surface area contributed by atoms with E-state index in [0.29, 0.717) is 31.5 Å². The maximum absolute atomic E-state index is 13.0. The fourth-order valence-electron chi connectivity index (χ4n) is 3.73. The van der Waals surface area contributed by atoms with Crippen molar-refractivity contribution in [3.8, 4) is 11.3 Å². The average Bonchev–Trinajstić information content (AvgIpc) is 2.81. The monoisotopic (exact) mass is 429 g/mol. The third-order valence-electron chi connectivity index (χ3n) is 5.56. The van der Waals surface area contributed by atoms with Gasteiger partial charge in [0.25, 0.3) is 5.91 Å². The first kappa shape index (κ1) is 21.6. The predicted molar refractivity (Wildman–Crippen MR) is 123 cm³/mol. The molecule has 164 valence electrons. The highest BCUT2D eigenvalue weighted by atomic mass is 16.2. The smallest absolute Gasteiger partial charge is 0.251 e. The number of aromatic nitrogens is 3. The molecule has 7 nitrogen and oxygen atoms in total. The predicted octanol–water partition coefficient (Wildman–Crippen LogP) is 3.64. The molecule has 4 rings (SSSR count). The standard InChI is InChI=1S/C25H27N5O2/c1-17-6-7-23(29-14-17)20-11-21(13-22(12-20)30-10-4-3-5-24(30)31)25(32)26-9-8-19-15-27-18(2)28-16-19/h6-7,11-16H,3-5,8-10H2,1-2H3,(H,26,32). The minimum atomic E-state index is -0.183. The van der Waals surface area contributed by atoms with Crippen molar-refractivity contribution in [3.63, 3.8) is 0 Å². The van der Waals surface area contributed by atoms with Gasteiger partial charge in [0.15, 0.2) is 0 Å². The van der Waals surface area contributed by atoms with Crippen LogP contribution in [-0.4, -0.2) is 39.9 Å². The molecule has 1 aliphatic heterocycles. The van der Waals surface area contributed by atoms with Crippen LogP contribution in [0.5, 0.6) is 0 Å². The van der Waals surface area contributed by atoms with E-state index in [1.165, 1.54) is 0 Å². The highest BCUT2D eigenvalue weighted by molar-refractivity contribution is 6.00. The lowest BCUT2D eigenvalue weighted by Gasteiger charge is -2.27. The van der Waals surface area contributed by atoms with Gasteiger partial charge in [-0.05, 0) is 68.5 Å². The molecule has 0 atom stereocenters. The van der Waals surface area contributed by atoms with Crippen LogP contribution in [0.15, 0.2) is 48.9 Å². The summed E-state index contributed by atoms with van der Waals surface area (Å²) >= 11 is 0. The van der Waals surface area contributed by atoms with Gasteiger partial charge < -0.3 is 10.2 Å². The third kappa shape index (κ3) is 5.17. The van der Waals surface area contributed by atoms with Crippen LogP contribution in [0.2, 0.25) is 0 Å². The Kier molecular flexibility index (Phi) is 6.54. The maximum Gasteiger partial charge on any atom is 0.251 e. The number of pyridine rings is 1. The lowest BCUT2D eigenvalue weighted by atomic mass is 10.0. The second-order valence-electron chi connectivity index (χ2n) is 8.14. The molecule has 0 aliphatic carbocycles. The largest absolute Gasteiger partial charge is 0.352 e. The number of nitrogens with one attached hydrogen (secondary N) is 1. The van der Waals surface area contributed by atoms with Crippen molar-refractivity contribution >= 4 is 17.5 Å². The molecule has 1 aliphatic rings. The number of anilines is 1. The van der Waals surface area contributed by atoms with Gasteiger partial charge in [0.2, 0.25) is 5.91 Å². The summed E-state index contributed by atoms with van der Waals surface area (Å²) in [7, 11) is 0. The summed E-state index contributed by atoms with van der Waals surface area (Å²) in [6.07, 6.45) is 8.40. The van der Waals surface area contributed by atoms with Crippen LogP contribution < -0.4 is 10.2 Å². The molecule has 0 radical (unpaired) electrons. The minimum Gasteiger partial charge on any atom is -0.352 e. The molecule has 7 heteroatoms. The molecule has 1 saturated heterocycles. The van der Waals surface area contributed by atoms with Crippen molar-refractivity contribution < 1.29 is 9.59 Å². The first-order chi connectivity index (χ1) is 15.5. The van der Waals surface area contributed by atoms with E-state index in [4.69, 9.17) is 0 Å². The topological polar surface area (TPSA) is 88.1 Å². The molecule has 1 fully saturated rings. The Morgan fingerprint density at radius 3 is 2.56 bits per heavy atom. The fraction of sp³-hybridized carbons (Fsp3) is 0.320. The Labute approximate surface area is 187 Å². The van der Waals surface area contributed by atoms with Gasteiger partial charge in [0, 0.05) is 54.9 Å². The number of nitrogens with zero attached hydrogens (tertiary/aromatic N) is 4. The number of aryl methyl sites for hydroxylation is 2. The fourth-order valence-corrected chi connectivity index (χ4v) is 3.73. The van der Waals surface area contributed by atoms with Gasteiger partial charge in [-0.1, -0.05) is 6.07 Å². The molecule has 2 aromatic heterocycles. The highest BCUT2D eigenvalue weighted by Crippen LogP contribution is 2.28. The van der Waals surface area contributed by atoms with Crippen molar-refractivity contribution in [2.45, 2.75) is 39.5 Å². The quantitative estimate of drug-likeness (QED) is 0.646. The number of rotatable bonds is 6. The number of amides is 2. The van der Waals surface area contributed by atoms with Crippen LogP contribution in [0.25, 0.3) is 11.3 Å². The van der Waals surface area contributed by atoms with E-state index >= 15 is 0 Å². The Bertz CT molecular complexity index is 1110. The summed E-state index contributed by atoms with van der Waals surface area (Å²) in [5.74, 6) is 0.632. The molecule has 3 aromatic rings. The van der Waals surface area contributed by atoms with Crippen molar-refractivity contribution in [1.29, 1.82) is 0 Å². The molecule has 2 amide bonds. The zero-order chi connectivity index (χ0) is 22.5. The molecule has 0 unspecified atom stereocenters. The van der Waals surface area contributed by atoms with Gasteiger partial charge in [-0.3, -0.25) is 14.6 Å². The second-order valence-corrected chi connectivity index (χ2v) is 8.14. The van der Waals surface area contributed by atoms with Crippen LogP contribution in [0.1, 0.15) is 46.6 Å². The van der Waals surface area contributed by atoms with Gasteiger partial charge in [-0.15, -0.1) is 0 Å². The highest BCUT2D eigenvalue weighted by Gasteiger charge is 2.22. The van der Waals surface area contributed by atoms with Crippen LogP contribution in [-0.2, 0) is 11.2 Å². The maximum atomic E-state index is 13.0. The number of benzene rings is 1. The van der Waals surface area contributed by atoms with Gasteiger partial charge in [0.1, 0.15) is 5.82 Å². The Morgan fingerprint density at radius 2 is 1.84 bits per heavy atom. The van der Waals surface area contributed by atoms with E-state index in [9.17, 15) is 9.59 Å². The summed E-state index contributed by atoms with van der Waals surface area (Å²) in [4.78, 5) is 40.2. The van der Waals surface area contributed by atoms with Crippen LogP contribution >= 0.6 is 0 Å². The second kappa shape index (κ2) is 9.68. The van der Waals surface area contributed by atoms with E-state index in [0.717, 1.165) is 46.7 Å². The number of carbonyl (C=O) groups is 2. The van der Waals surface area contributed by atoms with Gasteiger partial charge in [-0.2, -0.15) is 0 Å². The Morgan fingerprint density at radius 1 is 1.03 bits per heavy atom. The van der Waals surface area contributed by atoms with E-state index in [-0.39, 0.29) is 11.8 Å². The lowest BCUT2D eigenvalue weighted by Crippen LogP contribution is -2.35. The van der Waals surface area contributed by atoms with Crippen molar-refractivity contribution in [2.24, 2.45) is 0 Å². The third-order valence-corrected chi connectivity index (χ3v) is 5.56. The van der Waals surface area contributed by atoms with E-state index in [1.807, 2.05) is 38.1 Å². The molecule has 0 saturated carbocycles.